The van der Waals surface area contributed by atoms with Crippen LogP contribution in [0.2, 0.25) is 0 Å². The van der Waals surface area contributed by atoms with Crippen molar-refractivity contribution in [2.75, 3.05) is 6.54 Å². The van der Waals surface area contributed by atoms with Crippen LogP contribution in [-0.2, 0) is 6.42 Å². The molecule has 3 rings (SSSR count). The normalized spacial score (nSPS) is 10.7. The largest absolute Gasteiger partial charge is 0.508 e. The Kier molecular flexibility index (Phi) is 3.99. The molecule has 3 aromatic rings. The summed E-state index contributed by atoms with van der Waals surface area (Å²) in [5.41, 5.74) is 8.74. The van der Waals surface area contributed by atoms with E-state index < -0.39 is 0 Å². The smallest absolute Gasteiger partial charge is 0.124 e. The molecule has 0 aliphatic heterocycles. The molecule has 2 aromatic carbocycles. The van der Waals surface area contributed by atoms with Gasteiger partial charge in [-0.15, -0.1) is 11.3 Å². The van der Waals surface area contributed by atoms with Gasteiger partial charge in [-0.25, -0.2) is 4.98 Å². The van der Waals surface area contributed by atoms with Gasteiger partial charge in [-0.2, -0.15) is 0 Å². The van der Waals surface area contributed by atoms with Gasteiger partial charge in [-0.05, 0) is 25.1 Å². The maximum Gasteiger partial charge on any atom is 0.124 e. The van der Waals surface area contributed by atoms with Gasteiger partial charge in [0.05, 0.1) is 5.69 Å². The lowest BCUT2D eigenvalue weighted by Crippen LogP contribution is -2.02. The molecule has 21 heavy (non-hydrogen) atoms. The van der Waals surface area contributed by atoms with Crippen LogP contribution in [-0.4, -0.2) is 16.6 Å². The second-order valence-corrected chi connectivity index (χ2v) is 5.83. The summed E-state index contributed by atoms with van der Waals surface area (Å²) in [5, 5.41) is 10.5. The monoisotopic (exact) mass is 296 g/mol. The third-order valence-corrected chi connectivity index (χ3v) is 4.37. The van der Waals surface area contributed by atoms with Crippen molar-refractivity contribution in [1.82, 2.24) is 4.98 Å². The number of phenols is 1. The van der Waals surface area contributed by atoms with Crippen LogP contribution in [0.15, 0.2) is 54.6 Å². The van der Waals surface area contributed by atoms with Gasteiger partial charge in [-0.3, -0.25) is 0 Å². The molecule has 0 amide bonds. The highest BCUT2D eigenvalue weighted by Gasteiger charge is 2.13. The van der Waals surface area contributed by atoms with Gasteiger partial charge in [0, 0.05) is 16.0 Å². The quantitative estimate of drug-likeness (QED) is 0.772. The Bertz CT molecular complexity index is 738. The molecule has 0 radical (unpaired) electrons. The summed E-state index contributed by atoms with van der Waals surface area (Å²) >= 11 is 1.64. The highest BCUT2D eigenvalue weighted by Crippen LogP contribution is 2.34. The molecule has 0 unspecified atom stereocenters. The van der Waals surface area contributed by atoms with E-state index in [0.29, 0.717) is 6.54 Å². The van der Waals surface area contributed by atoms with E-state index in [1.807, 2.05) is 30.3 Å². The molecule has 1 aromatic heterocycles. The fourth-order valence-corrected chi connectivity index (χ4v) is 3.33. The lowest BCUT2D eigenvalue weighted by molar-refractivity contribution is 0.475. The van der Waals surface area contributed by atoms with Crippen molar-refractivity contribution in [2.45, 2.75) is 6.42 Å². The fourth-order valence-electron chi connectivity index (χ4n) is 2.24. The Morgan fingerprint density at radius 2 is 1.76 bits per heavy atom. The predicted octanol–water partition coefficient (Wildman–Crippen LogP) is 3.68. The van der Waals surface area contributed by atoms with Crippen molar-refractivity contribution in [3.8, 4) is 27.6 Å². The molecule has 0 aliphatic rings. The number of hydrogen-bond acceptors (Lipinski definition) is 4. The highest BCUT2D eigenvalue weighted by atomic mass is 32.1. The van der Waals surface area contributed by atoms with Crippen molar-refractivity contribution in [3.63, 3.8) is 0 Å². The first-order chi connectivity index (χ1) is 10.3. The number of hydrogen-bond donors (Lipinski definition) is 2. The van der Waals surface area contributed by atoms with E-state index in [4.69, 9.17) is 10.7 Å². The average molecular weight is 296 g/mol. The van der Waals surface area contributed by atoms with Crippen molar-refractivity contribution in [1.29, 1.82) is 0 Å². The molecular weight excluding hydrogens is 280 g/mol. The minimum Gasteiger partial charge on any atom is -0.508 e. The molecule has 0 spiro atoms. The van der Waals surface area contributed by atoms with Gasteiger partial charge in [0.2, 0.25) is 0 Å². The summed E-state index contributed by atoms with van der Waals surface area (Å²) in [5.74, 6) is 0.254. The lowest BCUT2D eigenvalue weighted by atomic mass is 10.1. The molecule has 0 saturated heterocycles. The third kappa shape index (κ3) is 2.96. The van der Waals surface area contributed by atoms with Crippen molar-refractivity contribution < 1.29 is 5.11 Å². The number of aromatic hydroxyl groups is 1. The molecular formula is C17H16N2OS. The minimum atomic E-state index is 0.254. The minimum absolute atomic E-state index is 0.254. The zero-order chi connectivity index (χ0) is 14.7. The van der Waals surface area contributed by atoms with Crippen LogP contribution in [0.5, 0.6) is 5.75 Å². The van der Waals surface area contributed by atoms with Crippen molar-refractivity contribution in [3.05, 3.63) is 59.5 Å². The zero-order valence-corrected chi connectivity index (χ0v) is 12.3. The van der Waals surface area contributed by atoms with E-state index in [9.17, 15) is 5.11 Å². The van der Waals surface area contributed by atoms with E-state index in [1.54, 1.807) is 23.5 Å². The van der Waals surface area contributed by atoms with Crippen LogP contribution in [0.3, 0.4) is 0 Å². The first kappa shape index (κ1) is 13.8. The maximum absolute atomic E-state index is 9.63. The van der Waals surface area contributed by atoms with Crippen LogP contribution < -0.4 is 5.73 Å². The molecule has 4 heteroatoms. The molecule has 0 saturated carbocycles. The summed E-state index contributed by atoms with van der Waals surface area (Å²) in [4.78, 5) is 5.94. The summed E-state index contributed by atoms with van der Waals surface area (Å²) in [6, 6.07) is 17.3. The van der Waals surface area contributed by atoms with Gasteiger partial charge in [0.25, 0.3) is 0 Å². The Balaban J connectivity index is 2.08. The Hall–Kier alpha value is -2.17. The fraction of sp³-hybridized carbons (Fsp3) is 0.118. The van der Waals surface area contributed by atoms with Crippen LogP contribution in [0, 0.1) is 0 Å². The summed E-state index contributed by atoms with van der Waals surface area (Å²) < 4.78 is 0. The third-order valence-electron chi connectivity index (χ3n) is 3.21. The van der Waals surface area contributed by atoms with E-state index in [0.717, 1.165) is 28.2 Å². The number of thiazole rings is 1. The predicted molar refractivity (Wildman–Crippen MR) is 87.4 cm³/mol. The molecule has 106 valence electrons. The number of nitrogens with two attached hydrogens (primary N) is 1. The molecule has 0 fully saturated rings. The van der Waals surface area contributed by atoms with E-state index in [-0.39, 0.29) is 5.75 Å². The standard InChI is InChI=1S/C17H16N2OS/c18-10-9-15-16(12-5-2-1-3-6-12)19-17(21-15)13-7-4-8-14(20)11-13/h1-8,11,20H,9-10,18H2. The SMILES string of the molecule is NCCc1sc(-c2cccc(O)c2)nc1-c1ccccc1. The summed E-state index contributed by atoms with van der Waals surface area (Å²) in [7, 11) is 0. The molecule has 0 atom stereocenters. The number of nitrogens with zero attached hydrogens (tertiary/aromatic N) is 1. The maximum atomic E-state index is 9.63. The second kappa shape index (κ2) is 6.08. The van der Waals surface area contributed by atoms with Crippen LogP contribution in [0.25, 0.3) is 21.8 Å². The van der Waals surface area contributed by atoms with Crippen LogP contribution in [0.1, 0.15) is 4.88 Å². The van der Waals surface area contributed by atoms with Crippen molar-refractivity contribution >= 4 is 11.3 Å². The molecule has 0 aliphatic carbocycles. The molecule has 1 heterocycles. The van der Waals surface area contributed by atoms with Crippen molar-refractivity contribution in [2.24, 2.45) is 5.73 Å². The van der Waals surface area contributed by atoms with Gasteiger partial charge >= 0.3 is 0 Å². The van der Waals surface area contributed by atoms with E-state index >= 15 is 0 Å². The Morgan fingerprint density at radius 1 is 1.00 bits per heavy atom. The van der Waals surface area contributed by atoms with Crippen LogP contribution in [0.4, 0.5) is 0 Å². The zero-order valence-electron chi connectivity index (χ0n) is 11.5. The number of rotatable bonds is 4. The average Bonchev–Trinajstić information content (AvgIpc) is 2.93. The van der Waals surface area contributed by atoms with E-state index in [1.165, 1.54) is 4.88 Å². The van der Waals surface area contributed by atoms with Gasteiger partial charge in [0.15, 0.2) is 0 Å². The Labute approximate surface area is 127 Å². The lowest BCUT2D eigenvalue weighted by Gasteiger charge is -2.00. The molecule has 3 nitrogen and oxygen atoms in total. The number of phenolic OH excluding ortho intramolecular Hbond substituents is 1. The van der Waals surface area contributed by atoms with Gasteiger partial charge in [-0.1, -0.05) is 42.5 Å². The highest BCUT2D eigenvalue weighted by molar-refractivity contribution is 7.15. The summed E-state index contributed by atoms with van der Waals surface area (Å²) in [6.45, 7) is 0.599. The number of aromatic nitrogens is 1. The first-order valence-electron chi connectivity index (χ1n) is 6.82. The second-order valence-electron chi connectivity index (χ2n) is 4.75. The summed E-state index contributed by atoms with van der Waals surface area (Å²) in [6.07, 6.45) is 0.806. The van der Waals surface area contributed by atoms with Gasteiger partial charge in [0.1, 0.15) is 10.8 Å². The first-order valence-corrected chi connectivity index (χ1v) is 7.64. The molecule has 3 N–H and O–H groups in total. The topological polar surface area (TPSA) is 59.1 Å². The van der Waals surface area contributed by atoms with E-state index in [2.05, 4.69) is 12.1 Å². The Morgan fingerprint density at radius 3 is 2.48 bits per heavy atom. The molecule has 0 bridgehead atoms. The number of benzene rings is 2. The van der Waals surface area contributed by atoms with Gasteiger partial charge < -0.3 is 10.8 Å². The van der Waals surface area contributed by atoms with Crippen LogP contribution >= 0.6 is 11.3 Å².